The Morgan fingerprint density at radius 1 is 1.07 bits per heavy atom. The second-order valence-electron chi connectivity index (χ2n) is 7.03. The normalized spacial score (nSPS) is 12.0. The molecular formula is C20H21N5O2S. The van der Waals surface area contributed by atoms with Crippen LogP contribution in [0.1, 0.15) is 25.5 Å². The van der Waals surface area contributed by atoms with Crippen LogP contribution in [-0.4, -0.2) is 27.4 Å². The van der Waals surface area contributed by atoms with Crippen LogP contribution >= 0.6 is 0 Å². The highest BCUT2D eigenvalue weighted by molar-refractivity contribution is 7.92. The lowest BCUT2D eigenvalue weighted by atomic mass is 10.1. The molecule has 3 heterocycles. The van der Waals surface area contributed by atoms with Gasteiger partial charge in [-0.2, -0.15) is 8.42 Å². The molecule has 0 spiro atoms. The van der Waals surface area contributed by atoms with Crippen LogP contribution in [0.2, 0.25) is 0 Å². The summed E-state index contributed by atoms with van der Waals surface area (Å²) in [6.45, 7) is 5.95. The van der Waals surface area contributed by atoms with E-state index < -0.39 is 10.0 Å². The molecule has 0 aliphatic rings. The van der Waals surface area contributed by atoms with Crippen molar-refractivity contribution in [2.75, 3.05) is 4.72 Å². The Labute approximate surface area is 163 Å². The Balaban J connectivity index is 1.56. The maximum atomic E-state index is 12.5. The van der Waals surface area contributed by atoms with Crippen molar-refractivity contribution >= 4 is 21.4 Å². The van der Waals surface area contributed by atoms with Crippen LogP contribution in [0.5, 0.6) is 0 Å². The SMILES string of the molecule is Cc1ccn2cc(-c3ccc(NS(=O)(=O)c4cn(C(C)C)cn4)cc3)nc2c1. The lowest BCUT2D eigenvalue weighted by Crippen LogP contribution is -2.13. The zero-order valence-electron chi connectivity index (χ0n) is 15.9. The molecular weight excluding hydrogens is 374 g/mol. The molecule has 0 aliphatic carbocycles. The minimum Gasteiger partial charge on any atom is -0.334 e. The van der Waals surface area contributed by atoms with Crippen molar-refractivity contribution in [2.45, 2.75) is 31.8 Å². The number of rotatable bonds is 5. The van der Waals surface area contributed by atoms with Crippen molar-refractivity contribution in [3.63, 3.8) is 0 Å². The van der Waals surface area contributed by atoms with Gasteiger partial charge >= 0.3 is 0 Å². The largest absolute Gasteiger partial charge is 0.334 e. The van der Waals surface area contributed by atoms with Crippen LogP contribution in [0.15, 0.2) is 66.3 Å². The summed E-state index contributed by atoms with van der Waals surface area (Å²) >= 11 is 0. The monoisotopic (exact) mass is 395 g/mol. The lowest BCUT2D eigenvalue weighted by Gasteiger charge is -2.07. The van der Waals surface area contributed by atoms with Gasteiger partial charge in [0.15, 0.2) is 5.03 Å². The summed E-state index contributed by atoms with van der Waals surface area (Å²) in [4.78, 5) is 8.63. The lowest BCUT2D eigenvalue weighted by molar-refractivity contribution is 0.591. The molecule has 1 aromatic carbocycles. The molecule has 0 fully saturated rings. The van der Waals surface area contributed by atoms with E-state index in [-0.39, 0.29) is 11.1 Å². The number of imidazole rings is 2. The molecule has 144 valence electrons. The van der Waals surface area contributed by atoms with Gasteiger partial charge in [-0.1, -0.05) is 12.1 Å². The molecule has 4 aromatic rings. The highest BCUT2D eigenvalue weighted by atomic mass is 32.2. The summed E-state index contributed by atoms with van der Waals surface area (Å²) in [6.07, 6.45) is 6.97. The maximum Gasteiger partial charge on any atom is 0.280 e. The summed E-state index contributed by atoms with van der Waals surface area (Å²) in [5.41, 5.74) is 4.24. The van der Waals surface area contributed by atoms with Crippen LogP contribution in [0.4, 0.5) is 5.69 Å². The van der Waals surface area contributed by atoms with Crippen molar-refractivity contribution in [3.05, 3.63) is 66.9 Å². The predicted octanol–water partition coefficient (Wildman–Crippen LogP) is 3.89. The Morgan fingerprint density at radius 3 is 2.50 bits per heavy atom. The average Bonchev–Trinajstić information content (AvgIpc) is 3.29. The number of hydrogen-bond donors (Lipinski definition) is 1. The number of aryl methyl sites for hydroxylation is 1. The molecule has 0 saturated heterocycles. The van der Waals surface area contributed by atoms with E-state index >= 15 is 0 Å². The van der Waals surface area contributed by atoms with Gasteiger partial charge in [0.25, 0.3) is 10.0 Å². The molecule has 0 saturated carbocycles. The minimum absolute atomic E-state index is 0.000923. The van der Waals surface area contributed by atoms with Gasteiger partial charge in [-0.25, -0.2) is 9.97 Å². The second-order valence-corrected chi connectivity index (χ2v) is 8.66. The molecule has 0 atom stereocenters. The van der Waals surface area contributed by atoms with Gasteiger partial charge in [-0.15, -0.1) is 0 Å². The summed E-state index contributed by atoms with van der Waals surface area (Å²) < 4.78 is 31.4. The van der Waals surface area contributed by atoms with Gasteiger partial charge in [-0.05, 0) is 50.6 Å². The fourth-order valence-corrected chi connectivity index (χ4v) is 3.88. The van der Waals surface area contributed by atoms with E-state index in [1.54, 1.807) is 16.7 Å². The number of benzene rings is 1. The number of pyridine rings is 1. The zero-order chi connectivity index (χ0) is 19.9. The number of aromatic nitrogens is 4. The average molecular weight is 395 g/mol. The summed E-state index contributed by atoms with van der Waals surface area (Å²) in [7, 11) is -3.73. The number of nitrogens with zero attached hydrogens (tertiary/aromatic N) is 4. The van der Waals surface area contributed by atoms with E-state index in [4.69, 9.17) is 0 Å². The molecule has 3 aromatic heterocycles. The molecule has 4 rings (SSSR count). The van der Waals surface area contributed by atoms with Gasteiger partial charge in [0.05, 0.1) is 12.0 Å². The smallest absolute Gasteiger partial charge is 0.280 e. The van der Waals surface area contributed by atoms with E-state index in [1.807, 2.05) is 61.8 Å². The van der Waals surface area contributed by atoms with E-state index in [0.29, 0.717) is 5.69 Å². The van der Waals surface area contributed by atoms with Gasteiger partial charge in [0.2, 0.25) is 0 Å². The minimum atomic E-state index is -3.73. The Hall–Kier alpha value is -3.13. The first-order valence-corrected chi connectivity index (χ1v) is 10.4. The first-order valence-electron chi connectivity index (χ1n) is 8.94. The molecule has 28 heavy (non-hydrogen) atoms. The van der Waals surface area contributed by atoms with Gasteiger partial charge in [-0.3, -0.25) is 4.72 Å². The maximum absolute atomic E-state index is 12.5. The Bertz CT molecular complexity index is 1240. The molecule has 0 bridgehead atoms. The first kappa shape index (κ1) is 18.2. The van der Waals surface area contributed by atoms with Crippen molar-refractivity contribution in [2.24, 2.45) is 0 Å². The summed E-state index contributed by atoms with van der Waals surface area (Å²) in [5, 5.41) is 0.000923. The molecule has 0 unspecified atom stereocenters. The van der Waals surface area contributed by atoms with Gasteiger partial charge < -0.3 is 8.97 Å². The first-order chi connectivity index (χ1) is 13.3. The second kappa shape index (κ2) is 6.79. The predicted molar refractivity (Wildman–Crippen MR) is 109 cm³/mol. The van der Waals surface area contributed by atoms with Gasteiger partial charge in [0.1, 0.15) is 5.65 Å². The third-order valence-corrected chi connectivity index (χ3v) is 5.76. The number of nitrogens with one attached hydrogen (secondary N) is 1. The van der Waals surface area contributed by atoms with Crippen LogP contribution in [0.25, 0.3) is 16.9 Å². The van der Waals surface area contributed by atoms with E-state index in [0.717, 1.165) is 22.5 Å². The number of fused-ring (bicyclic) bond motifs is 1. The zero-order valence-corrected chi connectivity index (χ0v) is 16.7. The van der Waals surface area contributed by atoms with Gasteiger partial charge in [0, 0.05) is 35.9 Å². The molecule has 8 heteroatoms. The number of sulfonamides is 1. The van der Waals surface area contributed by atoms with E-state index in [2.05, 4.69) is 14.7 Å². The fourth-order valence-electron chi connectivity index (χ4n) is 2.88. The third kappa shape index (κ3) is 3.50. The topological polar surface area (TPSA) is 81.3 Å². The molecule has 1 N–H and O–H groups in total. The highest BCUT2D eigenvalue weighted by Crippen LogP contribution is 2.23. The quantitative estimate of drug-likeness (QED) is 0.556. The van der Waals surface area contributed by atoms with Crippen LogP contribution in [-0.2, 0) is 10.0 Å². The Kier molecular flexibility index (Phi) is 4.43. The van der Waals surface area contributed by atoms with E-state index in [9.17, 15) is 8.42 Å². The summed E-state index contributed by atoms with van der Waals surface area (Å²) in [5.74, 6) is 0. The molecule has 0 amide bonds. The summed E-state index contributed by atoms with van der Waals surface area (Å²) in [6, 6.07) is 11.3. The van der Waals surface area contributed by atoms with Crippen molar-refractivity contribution in [3.8, 4) is 11.3 Å². The van der Waals surface area contributed by atoms with Crippen molar-refractivity contribution in [1.82, 2.24) is 18.9 Å². The Morgan fingerprint density at radius 2 is 1.82 bits per heavy atom. The molecule has 0 aliphatic heterocycles. The fraction of sp³-hybridized carbons (Fsp3) is 0.200. The van der Waals surface area contributed by atoms with Crippen LogP contribution < -0.4 is 4.72 Å². The number of hydrogen-bond acceptors (Lipinski definition) is 4. The molecule has 0 radical (unpaired) electrons. The van der Waals surface area contributed by atoms with Crippen LogP contribution in [0.3, 0.4) is 0 Å². The van der Waals surface area contributed by atoms with E-state index in [1.165, 1.54) is 12.5 Å². The van der Waals surface area contributed by atoms with Crippen molar-refractivity contribution in [1.29, 1.82) is 0 Å². The van der Waals surface area contributed by atoms with Crippen LogP contribution in [0, 0.1) is 6.92 Å². The molecule has 7 nitrogen and oxygen atoms in total. The van der Waals surface area contributed by atoms with Crippen molar-refractivity contribution < 1.29 is 8.42 Å². The third-order valence-electron chi connectivity index (χ3n) is 4.50. The standard InChI is InChI=1S/C20H21N5O2S/c1-14(2)25-12-20(21-13-25)28(26,27)23-17-6-4-16(5-7-17)18-11-24-9-8-15(3)10-19(24)22-18/h4-14,23H,1-3H3. The highest BCUT2D eigenvalue weighted by Gasteiger charge is 2.18. The number of anilines is 1.